The maximum atomic E-state index is 13.7. The first-order chi connectivity index (χ1) is 16.9. The monoisotopic (exact) mass is 487 g/mol. The minimum atomic E-state index is -0.191. The number of nitrogens with one attached hydrogen (secondary N) is 1. The van der Waals surface area contributed by atoms with Gasteiger partial charge in [0, 0.05) is 23.9 Å². The van der Waals surface area contributed by atoms with Crippen molar-refractivity contribution in [3.8, 4) is 11.4 Å². The molecule has 0 atom stereocenters. The van der Waals surface area contributed by atoms with Gasteiger partial charge in [0.15, 0.2) is 5.16 Å². The van der Waals surface area contributed by atoms with Gasteiger partial charge in [0.05, 0.1) is 23.7 Å². The summed E-state index contributed by atoms with van der Waals surface area (Å²) in [4.78, 5) is 31.2. The largest absolute Gasteiger partial charge is 0.497 e. The number of carbonyl (C=O) groups is 1. The van der Waals surface area contributed by atoms with Gasteiger partial charge in [0.1, 0.15) is 5.75 Å². The average Bonchev–Trinajstić information content (AvgIpc) is 2.85. The molecule has 1 aromatic heterocycles. The van der Waals surface area contributed by atoms with E-state index in [-0.39, 0.29) is 11.5 Å². The van der Waals surface area contributed by atoms with Crippen molar-refractivity contribution in [2.75, 3.05) is 13.7 Å². The van der Waals surface area contributed by atoms with Crippen molar-refractivity contribution < 1.29 is 9.53 Å². The summed E-state index contributed by atoms with van der Waals surface area (Å²) in [6, 6.07) is 20.7. The van der Waals surface area contributed by atoms with E-state index in [0.717, 1.165) is 5.56 Å². The van der Waals surface area contributed by atoms with E-state index >= 15 is 0 Å². The summed E-state index contributed by atoms with van der Waals surface area (Å²) in [5, 5.41) is 3.93. The molecule has 35 heavy (non-hydrogen) atoms. The zero-order chi connectivity index (χ0) is 24.9. The Balaban J connectivity index is 1.81. The lowest BCUT2D eigenvalue weighted by atomic mass is 10.1. The molecular formula is C28H29N3O3S. The summed E-state index contributed by atoms with van der Waals surface area (Å²) in [6.07, 6.45) is 0. The van der Waals surface area contributed by atoms with Crippen molar-refractivity contribution in [1.82, 2.24) is 14.9 Å². The Morgan fingerprint density at radius 3 is 2.63 bits per heavy atom. The van der Waals surface area contributed by atoms with Crippen LogP contribution in [0.5, 0.6) is 5.75 Å². The number of ether oxygens (including phenoxy) is 1. The number of carbonyl (C=O) groups excluding carboxylic acids is 1. The summed E-state index contributed by atoms with van der Waals surface area (Å²) < 4.78 is 7.00. The number of aromatic nitrogens is 2. The third-order valence-electron chi connectivity index (χ3n) is 5.53. The van der Waals surface area contributed by atoms with Crippen molar-refractivity contribution in [1.29, 1.82) is 0 Å². The van der Waals surface area contributed by atoms with Crippen molar-refractivity contribution in [3.63, 3.8) is 0 Å². The van der Waals surface area contributed by atoms with E-state index in [1.165, 1.54) is 17.3 Å². The van der Waals surface area contributed by atoms with E-state index in [0.29, 0.717) is 51.3 Å². The number of amides is 1. The molecule has 0 bridgehead atoms. The molecule has 0 aliphatic rings. The van der Waals surface area contributed by atoms with E-state index in [9.17, 15) is 9.59 Å². The molecule has 0 spiro atoms. The molecular weight excluding hydrogens is 458 g/mol. The molecule has 0 fully saturated rings. The molecule has 1 heterocycles. The highest BCUT2D eigenvalue weighted by atomic mass is 32.2. The first kappa shape index (κ1) is 24.5. The molecule has 7 heteroatoms. The lowest BCUT2D eigenvalue weighted by molar-refractivity contribution is 0.0949. The van der Waals surface area contributed by atoms with Gasteiger partial charge < -0.3 is 10.1 Å². The fourth-order valence-electron chi connectivity index (χ4n) is 3.73. The number of thioether (sulfide) groups is 1. The zero-order valence-corrected chi connectivity index (χ0v) is 21.2. The van der Waals surface area contributed by atoms with E-state index in [1.807, 2.05) is 44.2 Å². The summed E-state index contributed by atoms with van der Waals surface area (Å²) in [7, 11) is 1.60. The van der Waals surface area contributed by atoms with Crippen LogP contribution in [0.1, 0.15) is 35.3 Å². The molecule has 0 unspecified atom stereocenters. The van der Waals surface area contributed by atoms with Gasteiger partial charge in [-0.2, -0.15) is 0 Å². The van der Waals surface area contributed by atoms with E-state index < -0.39 is 0 Å². The summed E-state index contributed by atoms with van der Waals surface area (Å²) in [5.41, 5.74) is 3.79. The number of nitrogens with zero attached hydrogens (tertiary/aromatic N) is 2. The Hall–Kier alpha value is -3.58. The fourth-order valence-corrected chi connectivity index (χ4v) is 4.69. The van der Waals surface area contributed by atoms with Gasteiger partial charge in [0.2, 0.25) is 0 Å². The van der Waals surface area contributed by atoms with Crippen LogP contribution in [0.15, 0.2) is 76.7 Å². The molecule has 0 radical (unpaired) electrons. The lowest BCUT2D eigenvalue weighted by Crippen LogP contribution is -2.27. The van der Waals surface area contributed by atoms with Gasteiger partial charge in [-0.05, 0) is 48.7 Å². The molecule has 0 saturated carbocycles. The van der Waals surface area contributed by atoms with Gasteiger partial charge in [-0.1, -0.05) is 61.5 Å². The lowest BCUT2D eigenvalue weighted by Gasteiger charge is -2.15. The summed E-state index contributed by atoms with van der Waals surface area (Å²) in [6.45, 7) is 6.72. The molecule has 0 saturated heterocycles. The van der Waals surface area contributed by atoms with Gasteiger partial charge >= 0.3 is 0 Å². The second-order valence-electron chi connectivity index (χ2n) is 8.85. The fraction of sp³-hybridized carbons (Fsp3) is 0.250. The van der Waals surface area contributed by atoms with Crippen LogP contribution in [0.3, 0.4) is 0 Å². The van der Waals surface area contributed by atoms with Crippen molar-refractivity contribution in [2.45, 2.75) is 31.7 Å². The van der Waals surface area contributed by atoms with Crippen LogP contribution in [0.25, 0.3) is 16.6 Å². The second-order valence-corrected chi connectivity index (χ2v) is 9.79. The highest BCUT2D eigenvalue weighted by molar-refractivity contribution is 7.98. The van der Waals surface area contributed by atoms with Gasteiger partial charge in [-0.25, -0.2) is 4.98 Å². The number of methoxy groups -OCH3 is 1. The molecule has 6 nitrogen and oxygen atoms in total. The quantitative estimate of drug-likeness (QED) is 0.267. The predicted molar refractivity (Wildman–Crippen MR) is 142 cm³/mol. The Kier molecular flexibility index (Phi) is 7.56. The highest BCUT2D eigenvalue weighted by Gasteiger charge is 2.16. The zero-order valence-electron chi connectivity index (χ0n) is 20.4. The predicted octanol–water partition coefficient (Wildman–Crippen LogP) is 5.38. The minimum absolute atomic E-state index is 0.173. The molecule has 180 valence electrons. The van der Waals surface area contributed by atoms with E-state index in [4.69, 9.17) is 9.72 Å². The third kappa shape index (κ3) is 5.74. The Morgan fingerprint density at radius 1 is 1.09 bits per heavy atom. The summed E-state index contributed by atoms with van der Waals surface area (Å²) in [5.74, 6) is 1.48. The second kappa shape index (κ2) is 10.8. The van der Waals surface area contributed by atoms with Crippen LogP contribution >= 0.6 is 11.8 Å². The Bertz CT molecular complexity index is 1430. The van der Waals surface area contributed by atoms with Crippen LogP contribution < -0.4 is 15.6 Å². The van der Waals surface area contributed by atoms with Crippen molar-refractivity contribution in [2.24, 2.45) is 5.92 Å². The third-order valence-corrected chi connectivity index (χ3v) is 6.54. The molecule has 1 amide bonds. The van der Waals surface area contributed by atoms with Crippen molar-refractivity contribution >= 4 is 28.6 Å². The average molecular weight is 488 g/mol. The van der Waals surface area contributed by atoms with Crippen LogP contribution in [-0.4, -0.2) is 29.1 Å². The smallest absolute Gasteiger partial charge is 0.266 e. The molecule has 1 N–H and O–H groups in total. The van der Waals surface area contributed by atoms with Crippen LogP contribution in [0.4, 0.5) is 0 Å². The number of rotatable bonds is 8. The standard InChI is InChI=1S/C28H29N3O3S/c1-18(2)16-29-26(32)21-11-12-24-25(14-21)30-28(35-17-20-8-5-7-19(3)13-20)31(27(24)33)22-9-6-10-23(15-22)34-4/h5-15,18H,16-17H2,1-4H3,(H,29,32). The van der Waals surface area contributed by atoms with Gasteiger partial charge in [-0.15, -0.1) is 0 Å². The molecule has 4 aromatic rings. The number of benzene rings is 3. The SMILES string of the molecule is COc1cccc(-n2c(SCc3cccc(C)c3)nc3cc(C(=O)NCC(C)C)ccc3c2=O)c1. The molecule has 0 aliphatic carbocycles. The van der Waals surface area contributed by atoms with Crippen LogP contribution in [0, 0.1) is 12.8 Å². The highest BCUT2D eigenvalue weighted by Crippen LogP contribution is 2.26. The Labute approximate surface area is 209 Å². The van der Waals surface area contributed by atoms with E-state index in [2.05, 4.69) is 30.4 Å². The number of fused-ring (bicyclic) bond motifs is 1. The van der Waals surface area contributed by atoms with Gasteiger partial charge in [0.25, 0.3) is 11.5 Å². The summed E-state index contributed by atoms with van der Waals surface area (Å²) >= 11 is 1.49. The number of hydrogen-bond donors (Lipinski definition) is 1. The topological polar surface area (TPSA) is 73.2 Å². The first-order valence-corrected chi connectivity index (χ1v) is 12.5. The molecule has 4 rings (SSSR count). The van der Waals surface area contributed by atoms with Crippen molar-refractivity contribution in [3.05, 3.63) is 93.8 Å². The first-order valence-electron chi connectivity index (χ1n) is 11.5. The minimum Gasteiger partial charge on any atom is -0.497 e. The number of hydrogen-bond acceptors (Lipinski definition) is 5. The molecule has 3 aromatic carbocycles. The molecule has 0 aliphatic heterocycles. The van der Waals surface area contributed by atoms with Crippen LogP contribution in [0.2, 0.25) is 0 Å². The maximum Gasteiger partial charge on any atom is 0.266 e. The normalized spacial score (nSPS) is 11.1. The maximum absolute atomic E-state index is 13.7. The Morgan fingerprint density at radius 2 is 1.89 bits per heavy atom. The van der Waals surface area contributed by atoms with Crippen LogP contribution in [-0.2, 0) is 5.75 Å². The number of aryl methyl sites for hydroxylation is 1. The van der Waals surface area contributed by atoms with E-state index in [1.54, 1.807) is 29.9 Å². The van der Waals surface area contributed by atoms with Gasteiger partial charge in [-0.3, -0.25) is 14.2 Å².